The van der Waals surface area contributed by atoms with Crippen LogP contribution in [0.1, 0.15) is 48.3 Å². The molecule has 5 aromatic rings. The topological polar surface area (TPSA) is 105 Å². The summed E-state index contributed by atoms with van der Waals surface area (Å²) < 4.78 is 30.9. The number of nitriles is 1. The largest absolute Gasteiger partial charge is 0.472 e. The number of benzene rings is 2. The van der Waals surface area contributed by atoms with Gasteiger partial charge in [0.1, 0.15) is 11.6 Å². The Balaban J connectivity index is 1.36. The van der Waals surface area contributed by atoms with Crippen LogP contribution in [0.2, 0.25) is 10.0 Å². The molecule has 3 aromatic heterocycles. The molecule has 5 atom stereocenters. The summed E-state index contributed by atoms with van der Waals surface area (Å²) in [5.74, 6) is 0.357. The summed E-state index contributed by atoms with van der Waals surface area (Å²) in [6.07, 6.45) is 2.96. The number of aromatic nitrogens is 3. The number of likely N-dealkylation sites (tertiary alicyclic amines) is 1. The van der Waals surface area contributed by atoms with Gasteiger partial charge in [-0.2, -0.15) is 5.26 Å². The van der Waals surface area contributed by atoms with E-state index in [9.17, 15) is 10.1 Å². The van der Waals surface area contributed by atoms with Gasteiger partial charge in [0.05, 0.1) is 47.4 Å². The quantitative estimate of drug-likeness (QED) is 0.184. The van der Waals surface area contributed by atoms with E-state index in [1.165, 1.54) is 7.11 Å². The lowest BCUT2D eigenvalue weighted by Crippen LogP contribution is -2.41. The van der Waals surface area contributed by atoms with Crippen molar-refractivity contribution in [1.82, 2.24) is 24.8 Å². The molecule has 0 spiro atoms. The monoisotopic (exact) mass is 698 g/mol. The zero-order valence-electron chi connectivity index (χ0n) is 26.9. The van der Waals surface area contributed by atoms with E-state index in [2.05, 4.69) is 27.0 Å². The number of carbonyl (C=O) groups excluding carboxylic acids is 1. The van der Waals surface area contributed by atoms with Crippen LogP contribution in [0.3, 0.4) is 0 Å². The molecule has 4 fully saturated rings. The molecule has 9 nitrogen and oxygen atoms in total. The second-order valence-electron chi connectivity index (χ2n) is 13.1. The van der Waals surface area contributed by atoms with Gasteiger partial charge in [-0.1, -0.05) is 41.4 Å². The minimum atomic E-state index is -0.510. The van der Waals surface area contributed by atoms with Gasteiger partial charge < -0.3 is 19.4 Å². The maximum Gasteiger partial charge on any atom is 0.410 e. The van der Waals surface area contributed by atoms with Gasteiger partial charge >= 0.3 is 6.09 Å². The number of aryl methyl sites for hydroxylation is 2. The summed E-state index contributed by atoms with van der Waals surface area (Å²) in [5, 5.41) is 15.3. The number of pyridine rings is 2. The van der Waals surface area contributed by atoms with Crippen LogP contribution in [-0.2, 0) is 11.2 Å². The summed E-state index contributed by atoms with van der Waals surface area (Å²) in [6, 6.07) is 16.9. The predicted molar refractivity (Wildman–Crippen MR) is 185 cm³/mol. The van der Waals surface area contributed by atoms with E-state index in [1.54, 1.807) is 35.4 Å². The molecule has 3 saturated heterocycles. The molecule has 6 heterocycles. The number of ether oxygens (including phenoxy) is 2. The molecule has 1 aliphatic carbocycles. The van der Waals surface area contributed by atoms with Crippen molar-refractivity contribution in [3.05, 3.63) is 87.5 Å². The van der Waals surface area contributed by atoms with Gasteiger partial charge in [-0.05, 0) is 55.5 Å². The fraction of sp³-hybridized carbons (Fsp3) is 0.351. The molecule has 1 amide bonds. The Kier molecular flexibility index (Phi) is 8.10. The van der Waals surface area contributed by atoms with Crippen LogP contribution in [0.5, 0.6) is 5.88 Å². The summed E-state index contributed by atoms with van der Waals surface area (Å²) in [6.45, 7) is 3.09. The van der Waals surface area contributed by atoms with Crippen LogP contribution >= 0.6 is 23.2 Å². The second-order valence-corrected chi connectivity index (χ2v) is 13.8. The lowest BCUT2D eigenvalue weighted by Gasteiger charge is -2.39. The summed E-state index contributed by atoms with van der Waals surface area (Å²) >= 11 is 13.0. The Bertz CT molecular complexity index is 2160. The van der Waals surface area contributed by atoms with Crippen LogP contribution in [0.15, 0.2) is 54.7 Å². The number of fused-ring (bicyclic) bond motifs is 4. The van der Waals surface area contributed by atoms with E-state index in [1.807, 2.05) is 25.1 Å². The molecule has 2 bridgehead atoms. The first-order chi connectivity index (χ1) is 23.8. The predicted octanol–water partition coefficient (Wildman–Crippen LogP) is 7.96. The molecule has 0 unspecified atom stereocenters. The molecule has 4 aliphatic rings. The maximum absolute atomic E-state index is 17.1. The summed E-state index contributed by atoms with van der Waals surface area (Å²) in [7, 11) is 1.38. The molecule has 49 heavy (non-hydrogen) atoms. The Labute approximate surface area is 292 Å². The van der Waals surface area contributed by atoms with Gasteiger partial charge in [0.15, 0.2) is 5.82 Å². The van der Waals surface area contributed by atoms with Crippen molar-refractivity contribution in [1.29, 1.82) is 5.26 Å². The lowest BCUT2D eigenvalue weighted by molar-refractivity contribution is 0.111. The smallest absolute Gasteiger partial charge is 0.410 e. The van der Waals surface area contributed by atoms with Gasteiger partial charge in [-0.25, -0.2) is 19.2 Å². The van der Waals surface area contributed by atoms with Crippen LogP contribution in [-0.4, -0.2) is 57.9 Å². The third-order valence-corrected chi connectivity index (χ3v) is 11.2. The number of amides is 1. The number of hydrogen-bond donors (Lipinski definition) is 1. The van der Waals surface area contributed by atoms with Crippen molar-refractivity contribution in [2.45, 2.75) is 56.8 Å². The van der Waals surface area contributed by atoms with Crippen LogP contribution in [0.25, 0.3) is 32.9 Å². The van der Waals surface area contributed by atoms with Gasteiger partial charge in [0.25, 0.3) is 0 Å². The fourth-order valence-corrected chi connectivity index (χ4v) is 8.56. The lowest BCUT2D eigenvalue weighted by atomic mass is 9.79. The highest BCUT2D eigenvalue weighted by molar-refractivity contribution is 6.43. The molecule has 250 valence electrons. The maximum atomic E-state index is 17.1. The Hall–Kier alpha value is -4.43. The number of carbonyl (C=O) groups is 1. The number of nitrogens with one attached hydrogen (secondary N) is 1. The van der Waals surface area contributed by atoms with Gasteiger partial charge in [-0.3, -0.25) is 4.90 Å². The van der Waals surface area contributed by atoms with E-state index in [-0.39, 0.29) is 41.2 Å². The highest BCUT2D eigenvalue weighted by atomic mass is 35.5. The highest BCUT2D eigenvalue weighted by Crippen LogP contribution is 2.51. The standard InChI is InChI=1S/C37H33Cl2FN6O3/c1-19-24-16-29(28-15-22(18-45(28)37(47)48-2)49-30-10-3-4-12-42-30)46(35-21-14-27(35)43-17-21)36(24)25-13-20(7-6-11-41)31(33(40)34(25)44-19)23-8-5-9-26(38)32(23)39/h3-5,8-10,12-13,16,21-22,27-28,35,43H,6-7,14-15,17-18H2,1-2H3/t21-,22+,27-,28-,35+/m1/s1. The van der Waals surface area contributed by atoms with E-state index >= 15 is 4.39 Å². The Morgan fingerprint density at radius 1 is 1.16 bits per heavy atom. The highest BCUT2D eigenvalue weighted by Gasteiger charge is 2.50. The minimum absolute atomic E-state index is 0.0976. The molecular formula is C37H33Cl2FN6O3. The average Bonchev–Trinajstić information content (AvgIpc) is 3.91. The zero-order valence-corrected chi connectivity index (χ0v) is 28.4. The third-order valence-electron chi connectivity index (χ3n) is 10.4. The average molecular weight is 700 g/mol. The van der Waals surface area contributed by atoms with Crippen molar-refractivity contribution < 1.29 is 18.7 Å². The molecule has 1 N–H and O–H groups in total. The van der Waals surface area contributed by atoms with Gasteiger partial charge in [-0.15, -0.1) is 0 Å². The molecule has 3 aliphatic heterocycles. The van der Waals surface area contributed by atoms with Crippen molar-refractivity contribution >= 4 is 51.1 Å². The summed E-state index contributed by atoms with van der Waals surface area (Å²) in [5.41, 5.74) is 4.07. The number of hydrogen-bond acceptors (Lipinski definition) is 7. The van der Waals surface area contributed by atoms with Crippen molar-refractivity contribution in [3.63, 3.8) is 0 Å². The molecule has 2 aromatic carbocycles. The number of nitrogens with zero attached hydrogens (tertiary/aromatic N) is 5. The van der Waals surface area contributed by atoms with E-state index < -0.39 is 11.9 Å². The van der Waals surface area contributed by atoms with E-state index in [0.717, 1.165) is 29.6 Å². The molecule has 0 radical (unpaired) electrons. The van der Waals surface area contributed by atoms with Gasteiger partial charge in [0, 0.05) is 71.0 Å². The molecule has 9 rings (SSSR count). The van der Waals surface area contributed by atoms with Crippen LogP contribution < -0.4 is 10.1 Å². The summed E-state index contributed by atoms with van der Waals surface area (Å²) in [4.78, 5) is 24.2. The van der Waals surface area contributed by atoms with Gasteiger partial charge in [0.2, 0.25) is 5.88 Å². The molecule has 12 heteroatoms. The van der Waals surface area contributed by atoms with Crippen molar-refractivity contribution in [2.75, 3.05) is 20.2 Å². The second kappa shape index (κ2) is 12.5. The fourth-order valence-electron chi connectivity index (χ4n) is 8.17. The van der Waals surface area contributed by atoms with Crippen LogP contribution in [0, 0.1) is 30.0 Å². The van der Waals surface area contributed by atoms with E-state index in [0.29, 0.717) is 64.0 Å². The minimum Gasteiger partial charge on any atom is -0.472 e. The Morgan fingerprint density at radius 3 is 2.73 bits per heavy atom. The van der Waals surface area contributed by atoms with Crippen molar-refractivity contribution in [2.24, 2.45) is 5.92 Å². The van der Waals surface area contributed by atoms with Crippen LogP contribution in [0.4, 0.5) is 9.18 Å². The molecular weight excluding hydrogens is 666 g/mol. The first kappa shape index (κ1) is 31.8. The zero-order chi connectivity index (χ0) is 34.0. The third kappa shape index (κ3) is 5.18. The first-order valence-corrected chi connectivity index (χ1v) is 17.2. The molecule has 1 saturated carbocycles. The van der Waals surface area contributed by atoms with E-state index in [4.69, 9.17) is 37.7 Å². The number of methoxy groups -OCH3 is 1. The SMILES string of the molecule is COC(=O)N1C[C@@H](Oc2ccccn2)C[C@@H]1c1cc2c(C)nc3c(F)c(-c4cccc(Cl)c4Cl)c(CCC#N)cc3c2n1[C@H]1[C@H]2CN[C@@H]1C2. The first-order valence-electron chi connectivity index (χ1n) is 16.4. The normalized spacial score (nSPS) is 22.8. The number of halogens is 3. The van der Waals surface area contributed by atoms with Crippen molar-refractivity contribution in [3.8, 4) is 23.1 Å². The number of rotatable bonds is 7. The Morgan fingerprint density at radius 2 is 2.02 bits per heavy atom.